The minimum atomic E-state index is -4.00. The van der Waals surface area contributed by atoms with Gasteiger partial charge in [0.15, 0.2) is 0 Å². The number of hydrogen-bond donors (Lipinski definition) is 0. The number of benzene rings is 1. The number of ether oxygens (including phenoxy) is 1. The minimum Gasteiger partial charge on any atom is -0.375 e. The molecular weight excluding hydrogens is 300 g/mol. The van der Waals surface area contributed by atoms with E-state index < -0.39 is 26.6 Å². The summed E-state index contributed by atoms with van der Waals surface area (Å²) in [5, 5.41) is 0. The summed E-state index contributed by atoms with van der Waals surface area (Å²) in [5.74, 6) is -1.68. The zero-order chi connectivity index (χ0) is 15.1. The third kappa shape index (κ3) is 2.69. The summed E-state index contributed by atoms with van der Waals surface area (Å²) >= 11 is 0. The molecule has 1 aromatic carbocycles. The summed E-state index contributed by atoms with van der Waals surface area (Å²) in [6.45, 7) is 1.27. The van der Waals surface area contributed by atoms with Gasteiger partial charge in [0.25, 0.3) is 0 Å². The Morgan fingerprint density at radius 2 is 1.86 bits per heavy atom. The zero-order valence-electron chi connectivity index (χ0n) is 11.5. The predicted molar refractivity (Wildman–Crippen MR) is 72.3 cm³/mol. The van der Waals surface area contributed by atoms with Crippen molar-refractivity contribution in [1.29, 1.82) is 0 Å². The lowest BCUT2D eigenvalue weighted by atomic mass is 9.90. The summed E-state index contributed by atoms with van der Waals surface area (Å²) < 4.78 is 58.8. The van der Waals surface area contributed by atoms with Crippen LogP contribution in [0.2, 0.25) is 0 Å². The third-order valence-electron chi connectivity index (χ3n) is 4.33. The second-order valence-electron chi connectivity index (χ2n) is 5.61. The van der Waals surface area contributed by atoms with Crippen LogP contribution >= 0.6 is 0 Å². The van der Waals surface area contributed by atoms with Crippen LogP contribution in [0.15, 0.2) is 23.1 Å². The van der Waals surface area contributed by atoms with Crippen molar-refractivity contribution in [3.63, 3.8) is 0 Å². The molecule has 2 aliphatic rings. The molecule has 116 valence electrons. The average molecular weight is 317 g/mol. The third-order valence-corrected chi connectivity index (χ3v) is 6.24. The van der Waals surface area contributed by atoms with Crippen molar-refractivity contribution in [2.75, 3.05) is 19.7 Å². The number of piperidine rings is 1. The van der Waals surface area contributed by atoms with E-state index in [9.17, 15) is 17.2 Å². The first-order chi connectivity index (χ1) is 9.93. The molecule has 0 atom stereocenters. The van der Waals surface area contributed by atoms with Crippen molar-refractivity contribution in [2.24, 2.45) is 0 Å². The maximum absolute atomic E-state index is 13.7. The number of halogens is 2. The van der Waals surface area contributed by atoms with Gasteiger partial charge in [-0.15, -0.1) is 0 Å². The van der Waals surface area contributed by atoms with Crippen molar-refractivity contribution in [2.45, 2.75) is 36.2 Å². The van der Waals surface area contributed by atoms with E-state index in [0.29, 0.717) is 19.4 Å². The Bertz CT molecular complexity index is 632. The van der Waals surface area contributed by atoms with Gasteiger partial charge in [-0.2, -0.15) is 4.31 Å². The summed E-state index contributed by atoms with van der Waals surface area (Å²) in [5.41, 5.74) is -0.216. The van der Waals surface area contributed by atoms with Crippen molar-refractivity contribution >= 4 is 10.0 Å². The lowest BCUT2D eigenvalue weighted by molar-refractivity contribution is -0.0309. The van der Waals surface area contributed by atoms with Gasteiger partial charge in [-0.25, -0.2) is 17.2 Å². The molecule has 1 aromatic rings. The normalized spacial score (nSPS) is 22.8. The van der Waals surface area contributed by atoms with Gasteiger partial charge in [0.05, 0.1) is 5.60 Å². The van der Waals surface area contributed by atoms with E-state index in [1.165, 1.54) is 4.31 Å². The van der Waals surface area contributed by atoms with E-state index in [1.807, 2.05) is 0 Å². The van der Waals surface area contributed by atoms with Gasteiger partial charge in [0.1, 0.15) is 16.5 Å². The largest absolute Gasteiger partial charge is 0.375 e. The number of sulfonamides is 1. The number of rotatable bonds is 2. The first-order valence-electron chi connectivity index (χ1n) is 7.02. The highest BCUT2D eigenvalue weighted by Crippen LogP contribution is 2.37. The van der Waals surface area contributed by atoms with Crippen molar-refractivity contribution < 1.29 is 21.9 Å². The summed E-state index contributed by atoms with van der Waals surface area (Å²) in [4.78, 5) is -0.592. The average Bonchev–Trinajstić information content (AvgIpc) is 2.90. The Labute approximate surface area is 122 Å². The molecule has 0 bridgehead atoms. The van der Waals surface area contributed by atoms with E-state index in [2.05, 4.69) is 0 Å². The second-order valence-corrected chi connectivity index (χ2v) is 7.52. The molecule has 3 rings (SSSR count). The van der Waals surface area contributed by atoms with Crippen LogP contribution in [0.3, 0.4) is 0 Å². The van der Waals surface area contributed by atoms with Gasteiger partial charge in [-0.3, -0.25) is 0 Å². The van der Waals surface area contributed by atoms with E-state index in [1.54, 1.807) is 0 Å². The molecule has 0 amide bonds. The lowest BCUT2D eigenvalue weighted by Gasteiger charge is -2.37. The van der Waals surface area contributed by atoms with Crippen LogP contribution in [0.1, 0.15) is 25.7 Å². The van der Waals surface area contributed by atoms with Gasteiger partial charge in [0.2, 0.25) is 10.0 Å². The van der Waals surface area contributed by atoms with E-state index in [4.69, 9.17) is 4.74 Å². The van der Waals surface area contributed by atoms with Crippen molar-refractivity contribution in [3.8, 4) is 0 Å². The summed E-state index contributed by atoms with van der Waals surface area (Å²) in [6, 6.07) is 2.49. The highest BCUT2D eigenvalue weighted by molar-refractivity contribution is 7.89. The Kier molecular flexibility index (Phi) is 3.75. The monoisotopic (exact) mass is 317 g/mol. The molecule has 0 saturated carbocycles. The van der Waals surface area contributed by atoms with Crippen LogP contribution < -0.4 is 0 Å². The van der Waals surface area contributed by atoms with Gasteiger partial charge in [0, 0.05) is 19.7 Å². The molecule has 2 aliphatic heterocycles. The fourth-order valence-corrected chi connectivity index (χ4v) is 4.62. The van der Waals surface area contributed by atoms with Crippen LogP contribution in [-0.4, -0.2) is 38.0 Å². The lowest BCUT2D eigenvalue weighted by Crippen LogP contribution is -2.46. The molecule has 0 N–H and O–H groups in total. The smallest absolute Gasteiger partial charge is 0.246 e. The van der Waals surface area contributed by atoms with Gasteiger partial charge in [-0.1, -0.05) is 0 Å². The molecule has 2 saturated heterocycles. The fraction of sp³-hybridized carbons (Fsp3) is 0.571. The Morgan fingerprint density at radius 1 is 1.14 bits per heavy atom. The van der Waals surface area contributed by atoms with Crippen LogP contribution in [-0.2, 0) is 14.8 Å². The van der Waals surface area contributed by atoms with Crippen LogP contribution in [0.5, 0.6) is 0 Å². The topological polar surface area (TPSA) is 46.6 Å². The van der Waals surface area contributed by atoms with Gasteiger partial charge < -0.3 is 4.74 Å². The standard InChI is InChI=1S/C14H17F2NO3S/c15-11-2-3-12(16)13(10-11)21(18,19)17-7-5-14(6-8-17)4-1-9-20-14/h2-3,10H,1,4-9H2. The number of hydrogen-bond acceptors (Lipinski definition) is 3. The second kappa shape index (κ2) is 5.30. The highest BCUT2D eigenvalue weighted by Gasteiger charge is 2.41. The molecule has 1 spiro atoms. The number of nitrogens with zero attached hydrogens (tertiary/aromatic N) is 1. The zero-order valence-corrected chi connectivity index (χ0v) is 12.3. The maximum atomic E-state index is 13.7. The molecule has 21 heavy (non-hydrogen) atoms. The van der Waals surface area contributed by atoms with Crippen LogP contribution in [0.25, 0.3) is 0 Å². The molecule has 2 heterocycles. The molecule has 0 unspecified atom stereocenters. The van der Waals surface area contributed by atoms with E-state index >= 15 is 0 Å². The highest BCUT2D eigenvalue weighted by atomic mass is 32.2. The molecule has 0 radical (unpaired) electrons. The quantitative estimate of drug-likeness (QED) is 0.841. The summed E-state index contributed by atoms with van der Waals surface area (Å²) in [6.07, 6.45) is 3.13. The van der Waals surface area contributed by atoms with E-state index in [0.717, 1.165) is 31.0 Å². The maximum Gasteiger partial charge on any atom is 0.246 e. The summed E-state index contributed by atoms with van der Waals surface area (Å²) in [7, 11) is -4.00. The molecule has 0 aromatic heterocycles. The SMILES string of the molecule is O=S(=O)(c1cc(F)ccc1F)N1CCC2(CCCO2)CC1. The van der Waals surface area contributed by atoms with Crippen molar-refractivity contribution in [1.82, 2.24) is 4.31 Å². The first kappa shape index (κ1) is 14.9. The Balaban J connectivity index is 1.82. The molecule has 7 heteroatoms. The van der Waals surface area contributed by atoms with Crippen molar-refractivity contribution in [3.05, 3.63) is 29.8 Å². The first-order valence-corrected chi connectivity index (χ1v) is 8.46. The Morgan fingerprint density at radius 3 is 2.48 bits per heavy atom. The molecule has 0 aliphatic carbocycles. The van der Waals surface area contributed by atoms with Gasteiger partial charge in [-0.05, 0) is 43.9 Å². The Hall–Kier alpha value is -1.05. The molecular formula is C14H17F2NO3S. The molecule has 2 fully saturated rings. The van der Waals surface area contributed by atoms with Crippen LogP contribution in [0.4, 0.5) is 8.78 Å². The predicted octanol–water partition coefficient (Wildman–Crippen LogP) is 2.30. The molecule has 4 nitrogen and oxygen atoms in total. The fourth-order valence-electron chi connectivity index (χ4n) is 3.10. The minimum absolute atomic E-state index is 0.216. The van der Waals surface area contributed by atoms with Crippen LogP contribution in [0, 0.1) is 11.6 Å². The van der Waals surface area contributed by atoms with E-state index in [-0.39, 0.29) is 18.7 Å². The van der Waals surface area contributed by atoms with Gasteiger partial charge >= 0.3 is 0 Å².